The highest BCUT2D eigenvalue weighted by molar-refractivity contribution is 8.01. The maximum absolute atomic E-state index is 12.4. The first-order valence-corrected chi connectivity index (χ1v) is 18.6. The molecule has 0 saturated carbocycles. The summed E-state index contributed by atoms with van der Waals surface area (Å²) < 4.78 is 69.2. The van der Waals surface area contributed by atoms with Gasteiger partial charge in [-0.25, -0.2) is 0 Å². The molecule has 0 radical (unpaired) electrons. The Bertz CT molecular complexity index is 1830. The van der Waals surface area contributed by atoms with Gasteiger partial charge in [-0.15, -0.1) is 11.8 Å². The van der Waals surface area contributed by atoms with Crippen molar-refractivity contribution >= 4 is 55.5 Å². The van der Waals surface area contributed by atoms with E-state index < -0.39 is 25.7 Å². The molecule has 0 unspecified atom stereocenters. The van der Waals surface area contributed by atoms with E-state index in [0.717, 1.165) is 14.7 Å². The number of hydrogen-bond donors (Lipinski definition) is 2. The molecule has 0 spiro atoms. The van der Waals surface area contributed by atoms with Gasteiger partial charge in [0.15, 0.2) is 0 Å². The summed E-state index contributed by atoms with van der Waals surface area (Å²) in [6, 6.07) is 25.2. The lowest BCUT2D eigenvalue weighted by atomic mass is 9.86. The summed E-state index contributed by atoms with van der Waals surface area (Å²) in [5, 5.41) is 0. The van der Waals surface area contributed by atoms with Crippen molar-refractivity contribution in [2.24, 2.45) is 0 Å². The summed E-state index contributed by atoms with van der Waals surface area (Å²) >= 11 is 4.64. The first kappa shape index (κ1) is 33.6. The molecule has 0 heterocycles. The number of thioether (sulfide) groups is 1. The fourth-order valence-electron chi connectivity index (χ4n) is 4.28. The quantitative estimate of drug-likeness (QED) is 0.140. The van der Waals surface area contributed by atoms with Crippen LogP contribution in [0.25, 0.3) is 11.1 Å². The largest absolute Gasteiger partial charge is 0.295 e. The first-order chi connectivity index (χ1) is 19.8. The van der Waals surface area contributed by atoms with E-state index in [9.17, 15) is 25.9 Å². The van der Waals surface area contributed by atoms with E-state index in [4.69, 9.17) is 0 Å². The van der Waals surface area contributed by atoms with Gasteiger partial charge in [0.05, 0.1) is 4.90 Å². The summed E-state index contributed by atoms with van der Waals surface area (Å²) in [5.41, 5.74) is 0.627. The van der Waals surface area contributed by atoms with E-state index in [1.807, 2.05) is 56.8 Å². The molecule has 6 nitrogen and oxygen atoms in total. The molecule has 0 saturated heterocycles. The normalized spacial score (nSPS) is 12.8. The summed E-state index contributed by atoms with van der Waals surface area (Å²) in [7, 11) is -9.15. The smallest absolute Gasteiger partial charge is 0.282 e. The van der Waals surface area contributed by atoms with Gasteiger partial charge in [-0.2, -0.15) is 16.8 Å². The van der Waals surface area contributed by atoms with Crippen LogP contribution < -0.4 is 0 Å². The molecule has 4 aromatic rings. The molecule has 4 rings (SSSR count). The Labute approximate surface area is 267 Å². The van der Waals surface area contributed by atoms with Crippen molar-refractivity contribution in [1.29, 1.82) is 0 Å². The van der Waals surface area contributed by atoms with Crippen LogP contribution in [0.2, 0.25) is 0 Å². The van der Waals surface area contributed by atoms with E-state index in [0.29, 0.717) is 21.6 Å². The lowest BCUT2D eigenvalue weighted by molar-refractivity contribution is 0.475. The molecule has 43 heavy (non-hydrogen) atoms. The first-order valence-electron chi connectivity index (χ1n) is 13.3. The van der Waals surface area contributed by atoms with Crippen molar-refractivity contribution < 1.29 is 25.9 Å². The van der Waals surface area contributed by atoms with Crippen LogP contribution in [0.4, 0.5) is 0 Å². The Morgan fingerprint density at radius 2 is 0.953 bits per heavy atom. The minimum Gasteiger partial charge on any atom is -0.282 e. The standard InChI is InChI=1S/C32H34O6S5/c1-31(2,3)27-17-7-21(19-29(27)42(33,34)35)22-8-18-28(30(20-22)43(36,37)38)40-25-11-9-23(10-12-25)39-24-13-15-26(16-14-24)41-32(4,5)6/h7-20H,1-6H3,(H,33,34,35)(H,36,37,38). The van der Waals surface area contributed by atoms with Crippen molar-refractivity contribution in [2.45, 2.75) is 86.0 Å². The topological polar surface area (TPSA) is 109 Å². The third kappa shape index (κ3) is 9.13. The van der Waals surface area contributed by atoms with Crippen LogP contribution in [-0.2, 0) is 25.7 Å². The van der Waals surface area contributed by atoms with E-state index >= 15 is 0 Å². The van der Waals surface area contributed by atoms with Gasteiger partial charge < -0.3 is 0 Å². The Balaban J connectivity index is 1.58. The molecule has 2 N–H and O–H groups in total. The molecule has 228 valence electrons. The van der Waals surface area contributed by atoms with E-state index in [-0.39, 0.29) is 14.5 Å². The zero-order chi connectivity index (χ0) is 31.8. The molecular weight excluding hydrogens is 641 g/mol. The van der Waals surface area contributed by atoms with Crippen LogP contribution in [0.3, 0.4) is 0 Å². The highest BCUT2D eigenvalue weighted by Gasteiger charge is 2.26. The second-order valence-electron chi connectivity index (χ2n) is 11.9. The monoisotopic (exact) mass is 674 g/mol. The summed E-state index contributed by atoms with van der Waals surface area (Å²) in [6.07, 6.45) is 0. The lowest BCUT2D eigenvalue weighted by Gasteiger charge is -2.22. The van der Waals surface area contributed by atoms with Gasteiger partial charge in [-0.1, -0.05) is 83.3 Å². The third-order valence-corrected chi connectivity index (χ3v) is 11.3. The zero-order valence-electron chi connectivity index (χ0n) is 24.7. The minimum atomic E-state index is -4.61. The number of rotatable bonds is 8. The van der Waals surface area contributed by atoms with E-state index in [1.165, 1.54) is 28.8 Å². The summed E-state index contributed by atoms with van der Waals surface area (Å²) in [6.45, 7) is 12.0. The number of benzene rings is 4. The molecule has 0 aliphatic rings. The van der Waals surface area contributed by atoms with Gasteiger partial charge in [0.2, 0.25) is 0 Å². The van der Waals surface area contributed by atoms with Crippen LogP contribution in [0.1, 0.15) is 47.1 Å². The van der Waals surface area contributed by atoms with Crippen molar-refractivity contribution in [2.75, 3.05) is 0 Å². The maximum Gasteiger partial charge on any atom is 0.295 e. The zero-order valence-corrected chi connectivity index (χ0v) is 28.7. The van der Waals surface area contributed by atoms with Gasteiger partial charge in [-0.3, -0.25) is 9.11 Å². The highest BCUT2D eigenvalue weighted by Crippen LogP contribution is 2.39. The third-order valence-electron chi connectivity index (χ3n) is 6.16. The average Bonchev–Trinajstić information content (AvgIpc) is 2.88. The van der Waals surface area contributed by atoms with E-state index in [1.54, 1.807) is 36.0 Å². The van der Waals surface area contributed by atoms with Crippen LogP contribution in [0.5, 0.6) is 0 Å². The van der Waals surface area contributed by atoms with Crippen LogP contribution in [0.15, 0.2) is 119 Å². The maximum atomic E-state index is 12.4. The van der Waals surface area contributed by atoms with Crippen molar-refractivity contribution in [1.82, 2.24) is 0 Å². The molecule has 0 aromatic heterocycles. The fraction of sp³-hybridized carbons (Fsp3) is 0.250. The second kappa shape index (κ2) is 12.6. The Morgan fingerprint density at radius 3 is 1.40 bits per heavy atom. The highest BCUT2D eigenvalue weighted by atomic mass is 32.2. The van der Waals surface area contributed by atoms with Gasteiger partial charge in [0, 0.05) is 29.2 Å². The average molecular weight is 675 g/mol. The molecule has 0 fully saturated rings. The predicted octanol–water partition coefficient (Wildman–Crippen LogP) is 9.34. The molecule has 11 heteroatoms. The van der Waals surface area contributed by atoms with Crippen molar-refractivity contribution in [3.8, 4) is 11.1 Å². The van der Waals surface area contributed by atoms with Gasteiger partial charge >= 0.3 is 0 Å². The van der Waals surface area contributed by atoms with Gasteiger partial charge in [0.25, 0.3) is 20.2 Å². The number of hydrogen-bond acceptors (Lipinski definition) is 7. The summed E-state index contributed by atoms with van der Waals surface area (Å²) in [4.78, 5) is 3.90. The minimum absolute atomic E-state index is 0.141. The molecule has 4 aromatic carbocycles. The van der Waals surface area contributed by atoms with Gasteiger partial charge in [0.1, 0.15) is 4.90 Å². The van der Waals surface area contributed by atoms with Crippen molar-refractivity contribution in [3.05, 3.63) is 90.5 Å². The molecule has 0 bridgehead atoms. The summed E-state index contributed by atoms with van der Waals surface area (Å²) in [5.74, 6) is 0. The van der Waals surface area contributed by atoms with Crippen LogP contribution in [-0.4, -0.2) is 30.7 Å². The Morgan fingerprint density at radius 1 is 0.535 bits per heavy atom. The molecule has 0 aliphatic heterocycles. The molecule has 0 aliphatic carbocycles. The predicted molar refractivity (Wildman–Crippen MR) is 177 cm³/mol. The molecular formula is C32H34O6S5. The van der Waals surface area contributed by atoms with Crippen molar-refractivity contribution in [3.63, 3.8) is 0 Å². The second-order valence-corrected chi connectivity index (χ2v) is 18.9. The fourth-order valence-corrected chi connectivity index (χ4v) is 8.86. The van der Waals surface area contributed by atoms with E-state index in [2.05, 4.69) is 45.0 Å². The Hall–Kier alpha value is -2.25. The lowest BCUT2D eigenvalue weighted by Crippen LogP contribution is -2.16. The van der Waals surface area contributed by atoms with Crippen LogP contribution in [0, 0.1) is 0 Å². The Kier molecular flexibility index (Phi) is 9.88. The van der Waals surface area contributed by atoms with Crippen LogP contribution >= 0.6 is 35.3 Å². The molecule has 0 amide bonds. The van der Waals surface area contributed by atoms with Gasteiger partial charge in [-0.05, 0) is 88.8 Å². The molecule has 0 atom stereocenters. The SMILES string of the molecule is CC(C)(C)Sc1ccc(Sc2ccc(Sc3ccc(-c4ccc(C(C)(C)C)c(S(=O)(=O)O)c4)cc3S(=O)(=O)O)cc2)cc1.